The van der Waals surface area contributed by atoms with Crippen molar-refractivity contribution in [1.29, 1.82) is 0 Å². The van der Waals surface area contributed by atoms with E-state index >= 15 is 0 Å². The fourth-order valence-electron chi connectivity index (χ4n) is 1.75. The van der Waals surface area contributed by atoms with Crippen LogP contribution in [0.25, 0.3) is 0 Å². The fourth-order valence-corrected chi connectivity index (χ4v) is 2.41. The first-order valence-electron chi connectivity index (χ1n) is 6.74. The Kier molecular flexibility index (Phi) is 6.31. The van der Waals surface area contributed by atoms with E-state index in [0.29, 0.717) is 15.2 Å². The smallest absolute Gasteiger partial charge is 0.312 e. The van der Waals surface area contributed by atoms with Crippen LogP contribution in [0.5, 0.6) is 11.5 Å². The Bertz CT molecular complexity index is 844. The molecule has 0 aliphatic carbocycles. The first kappa shape index (κ1) is 18.7. The number of hydrazone groups is 1. The third-order valence-corrected chi connectivity index (χ3v) is 3.64. The van der Waals surface area contributed by atoms with Crippen LogP contribution in [0.15, 0.2) is 46.0 Å². The van der Waals surface area contributed by atoms with E-state index in [2.05, 4.69) is 26.5 Å². The molecule has 0 bridgehead atoms. The van der Waals surface area contributed by atoms with Gasteiger partial charge in [-0.25, -0.2) is 5.43 Å². The second kappa shape index (κ2) is 8.45. The molecular weight excluding hydrogens is 418 g/mol. The molecule has 25 heavy (non-hydrogen) atoms. The van der Waals surface area contributed by atoms with E-state index in [-0.39, 0.29) is 12.2 Å². The number of carbonyl (C=O) groups is 1. The van der Waals surface area contributed by atoms with Crippen LogP contribution in [0.1, 0.15) is 5.56 Å². The standard InChI is InChI=1S/C15H11BrClN3O5/c16-10-5-9(15(22)12(6-10)20(23)24)7-18-19-14(21)8-25-13-4-2-1-3-11(13)17/h1-7,22H,8H2,(H,19,21)/b18-7+. The number of halogens is 2. The second-order valence-electron chi connectivity index (χ2n) is 4.63. The van der Waals surface area contributed by atoms with Crippen molar-refractivity contribution in [1.82, 2.24) is 5.43 Å². The number of nitro groups is 1. The highest BCUT2D eigenvalue weighted by molar-refractivity contribution is 9.10. The summed E-state index contributed by atoms with van der Waals surface area (Å²) >= 11 is 8.99. The van der Waals surface area contributed by atoms with E-state index in [9.17, 15) is 20.0 Å². The Balaban J connectivity index is 1.98. The lowest BCUT2D eigenvalue weighted by molar-refractivity contribution is -0.385. The summed E-state index contributed by atoms with van der Waals surface area (Å²) < 4.78 is 5.61. The number of hydrogen-bond acceptors (Lipinski definition) is 6. The quantitative estimate of drug-likeness (QED) is 0.416. The van der Waals surface area contributed by atoms with Crippen LogP contribution in [0.3, 0.4) is 0 Å². The molecule has 0 radical (unpaired) electrons. The van der Waals surface area contributed by atoms with Gasteiger partial charge in [0.2, 0.25) is 5.75 Å². The van der Waals surface area contributed by atoms with Crippen LogP contribution in [0.4, 0.5) is 5.69 Å². The normalized spacial score (nSPS) is 10.6. The molecule has 10 heteroatoms. The zero-order valence-corrected chi connectivity index (χ0v) is 14.8. The minimum Gasteiger partial charge on any atom is -0.502 e. The molecule has 1 amide bonds. The van der Waals surface area contributed by atoms with Gasteiger partial charge in [0.1, 0.15) is 5.75 Å². The second-order valence-corrected chi connectivity index (χ2v) is 5.96. The fraction of sp³-hybridized carbons (Fsp3) is 0.0667. The maximum Gasteiger partial charge on any atom is 0.312 e. The van der Waals surface area contributed by atoms with Crippen molar-refractivity contribution in [2.75, 3.05) is 6.61 Å². The Morgan fingerprint density at radius 3 is 2.84 bits per heavy atom. The molecule has 8 nitrogen and oxygen atoms in total. The monoisotopic (exact) mass is 427 g/mol. The van der Waals surface area contributed by atoms with E-state index in [1.54, 1.807) is 24.3 Å². The lowest BCUT2D eigenvalue weighted by atomic mass is 10.2. The first-order chi connectivity index (χ1) is 11.9. The van der Waals surface area contributed by atoms with Gasteiger partial charge in [-0.15, -0.1) is 0 Å². The van der Waals surface area contributed by atoms with E-state index < -0.39 is 22.3 Å². The first-order valence-corrected chi connectivity index (χ1v) is 7.91. The molecule has 0 aromatic heterocycles. The van der Waals surface area contributed by atoms with Gasteiger partial charge in [0, 0.05) is 16.1 Å². The third-order valence-electron chi connectivity index (χ3n) is 2.87. The number of phenols is 1. The SMILES string of the molecule is O=C(COc1ccccc1Cl)N/N=C/c1cc(Br)cc([N+](=O)[O-])c1O. The number of para-hydroxylation sites is 1. The van der Waals surface area contributed by atoms with Gasteiger partial charge in [-0.2, -0.15) is 5.10 Å². The molecule has 2 N–H and O–H groups in total. The zero-order valence-electron chi connectivity index (χ0n) is 12.5. The molecule has 0 aliphatic rings. The van der Waals surface area contributed by atoms with Gasteiger partial charge in [0.15, 0.2) is 6.61 Å². The van der Waals surface area contributed by atoms with Crippen molar-refractivity contribution in [3.63, 3.8) is 0 Å². The molecule has 2 rings (SSSR count). The van der Waals surface area contributed by atoms with Gasteiger partial charge >= 0.3 is 5.69 Å². The number of amides is 1. The molecule has 0 spiro atoms. The van der Waals surface area contributed by atoms with Crippen molar-refractivity contribution in [2.24, 2.45) is 5.10 Å². The minimum absolute atomic E-state index is 0.0633. The molecule has 0 saturated heterocycles. The van der Waals surface area contributed by atoms with Crippen LogP contribution in [0, 0.1) is 10.1 Å². The maximum absolute atomic E-state index is 11.7. The maximum atomic E-state index is 11.7. The minimum atomic E-state index is -0.729. The zero-order chi connectivity index (χ0) is 18.4. The highest BCUT2D eigenvalue weighted by atomic mass is 79.9. The summed E-state index contributed by atoms with van der Waals surface area (Å²) in [5.74, 6) is -0.776. The van der Waals surface area contributed by atoms with Crippen molar-refractivity contribution in [3.8, 4) is 11.5 Å². The lowest BCUT2D eigenvalue weighted by Crippen LogP contribution is -2.24. The van der Waals surface area contributed by atoms with E-state index in [0.717, 1.165) is 12.3 Å². The van der Waals surface area contributed by atoms with E-state index in [1.807, 2.05) is 0 Å². The number of nitrogens with one attached hydrogen (secondary N) is 1. The largest absolute Gasteiger partial charge is 0.502 e. The molecule has 0 unspecified atom stereocenters. The van der Waals surface area contributed by atoms with Gasteiger partial charge in [-0.05, 0) is 18.2 Å². The Morgan fingerprint density at radius 2 is 2.16 bits per heavy atom. The Morgan fingerprint density at radius 1 is 1.44 bits per heavy atom. The number of rotatable bonds is 6. The number of hydrogen-bond donors (Lipinski definition) is 2. The van der Waals surface area contributed by atoms with Gasteiger partial charge < -0.3 is 9.84 Å². The summed E-state index contributed by atoms with van der Waals surface area (Å²) in [7, 11) is 0. The Hall–Kier alpha value is -2.65. The summed E-state index contributed by atoms with van der Waals surface area (Å²) in [6.07, 6.45) is 1.08. The molecule has 2 aromatic rings. The molecule has 0 heterocycles. The number of aromatic hydroxyl groups is 1. The van der Waals surface area contributed by atoms with Crippen molar-refractivity contribution in [3.05, 3.63) is 61.6 Å². The van der Waals surface area contributed by atoms with Crippen LogP contribution in [0.2, 0.25) is 5.02 Å². The van der Waals surface area contributed by atoms with Gasteiger partial charge in [0.05, 0.1) is 16.2 Å². The molecule has 0 saturated carbocycles. The summed E-state index contributed by atoms with van der Waals surface area (Å²) in [5.41, 5.74) is 1.76. The number of phenolic OH excluding ortho intramolecular Hbond substituents is 1. The number of carbonyl (C=O) groups excluding carboxylic acids is 1. The van der Waals surface area contributed by atoms with E-state index in [1.165, 1.54) is 6.07 Å². The predicted octanol–water partition coefficient (Wildman–Crippen LogP) is 3.25. The number of benzene rings is 2. The lowest BCUT2D eigenvalue weighted by Gasteiger charge is -2.06. The summed E-state index contributed by atoms with van der Waals surface area (Å²) in [6.45, 7) is -0.328. The topological polar surface area (TPSA) is 114 Å². The summed E-state index contributed by atoms with van der Waals surface area (Å²) in [6, 6.07) is 9.23. The molecular formula is C15H11BrClN3O5. The summed E-state index contributed by atoms with van der Waals surface area (Å²) in [4.78, 5) is 21.8. The number of nitro benzene ring substituents is 1. The molecule has 130 valence electrons. The average Bonchev–Trinajstić information content (AvgIpc) is 2.56. The van der Waals surface area contributed by atoms with Crippen molar-refractivity contribution in [2.45, 2.75) is 0 Å². The van der Waals surface area contributed by atoms with Gasteiger partial charge in [-0.3, -0.25) is 14.9 Å². The van der Waals surface area contributed by atoms with Crippen LogP contribution in [-0.4, -0.2) is 28.8 Å². The number of nitrogens with zero attached hydrogens (tertiary/aromatic N) is 2. The summed E-state index contributed by atoms with van der Waals surface area (Å²) in [5, 5.41) is 24.7. The Labute approximate surface area is 155 Å². The van der Waals surface area contributed by atoms with Gasteiger partial charge in [0.25, 0.3) is 5.91 Å². The molecule has 2 aromatic carbocycles. The molecule has 0 atom stereocenters. The third kappa shape index (κ3) is 5.16. The highest BCUT2D eigenvalue weighted by Crippen LogP contribution is 2.32. The van der Waals surface area contributed by atoms with Gasteiger partial charge in [-0.1, -0.05) is 39.7 Å². The molecule has 0 fully saturated rings. The average molecular weight is 429 g/mol. The van der Waals surface area contributed by atoms with Crippen LogP contribution in [-0.2, 0) is 4.79 Å². The highest BCUT2D eigenvalue weighted by Gasteiger charge is 2.17. The van der Waals surface area contributed by atoms with Crippen molar-refractivity contribution >= 4 is 45.3 Å². The number of ether oxygens (including phenoxy) is 1. The van der Waals surface area contributed by atoms with Crippen LogP contribution >= 0.6 is 27.5 Å². The van der Waals surface area contributed by atoms with Crippen LogP contribution < -0.4 is 10.2 Å². The predicted molar refractivity (Wildman–Crippen MR) is 95.1 cm³/mol. The van der Waals surface area contributed by atoms with Crippen molar-refractivity contribution < 1.29 is 19.6 Å². The molecule has 0 aliphatic heterocycles. The van der Waals surface area contributed by atoms with E-state index in [4.69, 9.17) is 16.3 Å².